The lowest BCUT2D eigenvalue weighted by Crippen LogP contribution is -2.19. The molecule has 0 aliphatic rings. The second-order valence-corrected chi connectivity index (χ2v) is 4.81. The zero-order valence-electron chi connectivity index (χ0n) is 10.3. The van der Waals surface area contributed by atoms with Gasteiger partial charge in [0, 0.05) is 16.9 Å². The van der Waals surface area contributed by atoms with Gasteiger partial charge in [-0.25, -0.2) is 5.43 Å². The van der Waals surface area contributed by atoms with Crippen LogP contribution in [0.2, 0.25) is 0 Å². The molecule has 0 saturated carbocycles. The number of pyridine rings is 1. The van der Waals surface area contributed by atoms with Crippen LogP contribution in [-0.4, -0.2) is 16.6 Å². The van der Waals surface area contributed by atoms with Crippen LogP contribution in [0.4, 0.5) is 0 Å². The highest BCUT2D eigenvalue weighted by Gasteiger charge is 2.04. The first-order valence-corrected chi connectivity index (χ1v) is 6.47. The lowest BCUT2D eigenvalue weighted by Gasteiger charge is -2.03. The average molecular weight is 318 g/mol. The zero-order valence-corrected chi connectivity index (χ0v) is 11.9. The number of benzene rings is 1. The average Bonchev–Trinajstić information content (AvgIpc) is 2.45. The first kappa shape index (κ1) is 13.4. The summed E-state index contributed by atoms with van der Waals surface area (Å²) >= 11 is 3.40. The highest BCUT2D eigenvalue weighted by molar-refractivity contribution is 9.10. The summed E-state index contributed by atoms with van der Waals surface area (Å²) in [5, 5.41) is 4.08. The molecule has 0 aliphatic heterocycles. The van der Waals surface area contributed by atoms with E-state index in [9.17, 15) is 4.79 Å². The van der Waals surface area contributed by atoms with Crippen LogP contribution in [0, 0.1) is 0 Å². The van der Waals surface area contributed by atoms with Crippen LogP contribution in [0.3, 0.4) is 0 Å². The molecule has 2 rings (SSSR count). The van der Waals surface area contributed by atoms with Gasteiger partial charge >= 0.3 is 0 Å². The summed E-state index contributed by atoms with van der Waals surface area (Å²) in [4.78, 5) is 15.7. The van der Waals surface area contributed by atoms with Crippen LogP contribution >= 0.6 is 15.9 Å². The third kappa shape index (κ3) is 3.72. The minimum absolute atomic E-state index is 0.276. The molecule has 0 fully saturated rings. The Bertz CT molecular complexity index is 611. The van der Waals surface area contributed by atoms with Gasteiger partial charge in [0.15, 0.2) is 0 Å². The van der Waals surface area contributed by atoms with Crippen LogP contribution in [-0.2, 0) is 0 Å². The van der Waals surface area contributed by atoms with Gasteiger partial charge in [0.25, 0.3) is 5.91 Å². The van der Waals surface area contributed by atoms with E-state index in [0.29, 0.717) is 5.56 Å². The molecular formula is C14H12BrN3O. The molecule has 1 N–H and O–H groups in total. The zero-order chi connectivity index (χ0) is 13.7. The number of carbonyl (C=O) groups excluding carboxylic acids is 1. The summed E-state index contributed by atoms with van der Waals surface area (Å²) in [6.07, 6.45) is 3.12. The van der Waals surface area contributed by atoms with Crippen molar-refractivity contribution in [1.29, 1.82) is 0 Å². The van der Waals surface area contributed by atoms with E-state index in [0.717, 1.165) is 15.7 Å². The van der Waals surface area contributed by atoms with Gasteiger partial charge in [-0.15, -0.1) is 0 Å². The third-order valence-electron chi connectivity index (χ3n) is 2.49. The van der Waals surface area contributed by atoms with E-state index in [-0.39, 0.29) is 5.91 Å². The Labute approximate surface area is 119 Å². The van der Waals surface area contributed by atoms with Gasteiger partial charge in [0.05, 0.1) is 11.3 Å². The van der Waals surface area contributed by atoms with Gasteiger partial charge in [0.1, 0.15) is 0 Å². The molecule has 0 bridgehead atoms. The van der Waals surface area contributed by atoms with Crippen molar-refractivity contribution in [1.82, 2.24) is 10.4 Å². The molecule has 19 heavy (non-hydrogen) atoms. The highest BCUT2D eigenvalue weighted by Crippen LogP contribution is 2.12. The van der Waals surface area contributed by atoms with E-state index in [2.05, 4.69) is 31.4 Å². The Kier molecular flexibility index (Phi) is 4.41. The molecule has 2 aromatic rings. The van der Waals surface area contributed by atoms with E-state index in [1.165, 1.54) is 6.20 Å². The van der Waals surface area contributed by atoms with Crippen LogP contribution < -0.4 is 5.43 Å². The molecule has 1 amide bonds. The number of hydrazone groups is 1. The second-order valence-electron chi connectivity index (χ2n) is 3.89. The van der Waals surface area contributed by atoms with Crippen molar-refractivity contribution in [2.45, 2.75) is 6.92 Å². The lowest BCUT2D eigenvalue weighted by molar-refractivity contribution is 0.0954. The summed E-state index contributed by atoms with van der Waals surface area (Å²) in [5.74, 6) is -0.276. The van der Waals surface area contributed by atoms with Crippen molar-refractivity contribution in [3.63, 3.8) is 0 Å². The normalized spacial score (nSPS) is 11.2. The van der Waals surface area contributed by atoms with Crippen molar-refractivity contribution in [3.05, 3.63) is 64.4 Å². The van der Waals surface area contributed by atoms with Gasteiger partial charge in [-0.05, 0) is 36.8 Å². The van der Waals surface area contributed by atoms with E-state index < -0.39 is 0 Å². The fraction of sp³-hybridized carbons (Fsp3) is 0.0714. The van der Waals surface area contributed by atoms with Crippen LogP contribution in [0.5, 0.6) is 0 Å². The van der Waals surface area contributed by atoms with Gasteiger partial charge in [-0.2, -0.15) is 5.10 Å². The molecule has 1 heterocycles. The Morgan fingerprint density at radius 2 is 2.05 bits per heavy atom. The molecule has 4 nitrogen and oxygen atoms in total. The number of halogens is 1. The van der Waals surface area contributed by atoms with E-state index >= 15 is 0 Å². The summed E-state index contributed by atoms with van der Waals surface area (Å²) in [6.45, 7) is 1.84. The fourth-order valence-electron chi connectivity index (χ4n) is 1.47. The predicted octanol–water partition coefficient (Wildman–Crippen LogP) is 3.00. The molecule has 0 spiro atoms. The summed E-state index contributed by atoms with van der Waals surface area (Å²) in [5.41, 5.74) is 4.67. The van der Waals surface area contributed by atoms with E-state index in [4.69, 9.17) is 0 Å². The van der Waals surface area contributed by atoms with Crippen LogP contribution in [0.25, 0.3) is 0 Å². The Hall–Kier alpha value is -2.01. The van der Waals surface area contributed by atoms with Crippen molar-refractivity contribution < 1.29 is 4.79 Å². The number of rotatable bonds is 3. The summed E-state index contributed by atoms with van der Waals surface area (Å²) in [7, 11) is 0. The van der Waals surface area contributed by atoms with Gasteiger partial charge < -0.3 is 0 Å². The van der Waals surface area contributed by atoms with Gasteiger partial charge in [-0.1, -0.05) is 28.1 Å². The SMILES string of the molecule is C/C(=N/NC(=O)c1cccnc1)c1cccc(Br)c1. The second kappa shape index (κ2) is 6.24. The van der Waals surface area contributed by atoms with Crippen LogP contribution in [0.1, 0.15) is 22.8 Å². The summed E-state index contributed by atoms with van der Waals surface area (Å²) < 4.78 is 0.970. The molecular weight excluding hydrogens is 306 g/mol. The minimum Gasteiger partial charge on any atom is -0.267 e. The Morgan fingerprint density at radius 1 is 1.26 bits per heavy atom. The number of hydrogen-bond acceptors (Lipinski definition) is 3. The van der Waals surface area contributed by atoms with Crippen LogP contribution in [0.15, 0.2) is 58.4 Å². The topological polar surface area (TPSA) is 54.4 Å². The van der Waals surface area contributed by atoms with Crippen molar-refractivity contribution in [3.8, 4) is 0 Å². The number of nitrogens with one attached hydrogen (secondary N) is 1. The van der Waals surface area contributed by atoms with Crippen molar-refractivity contribution >= 4 is 27.5 Å². The number of carbonyl (C=O) groups is 1. The van der Waals surface area contributed by atoms with Gasteiger partial charge in [-0.3, -0.25) is 9.78 Å². The maximum absolute atomic E-state index is 11.8. The molecule has 1 aromatic heterocycles. The molecule has 0 saturated heterocycles. The fourth-order valence-corrected chi connectivity index (χ4v) is 1.87. The standard InChI is InChI=1S/C14H12BrN3O/c1-10(11-4-2-6-13(15)8-11)17-18-14(19)12-5-3-7-16-9-12/h2-9H,1H3,(H,18,19)/b17-10-. The molecule has 0 unspecified atom stereocenters. The van der Waals surface area contributed by atoms with Crippen molar-refractivity contribution in [2.75, 3.05) is 0 Å². The van der Waals surface area contributed by atoms with Gasteiger partial charge in [0.2, 0.25) is 0 Å². The Balaban J connectivity index is 2.09. The van der Waals surface area contributed by atoms with E-state index in [1.807, 2.05) is 31.2 Å². The Morgan fingerprint density at radius 3 is 2.74 bits per heavy atom. The molecule has 0 radical (unpaired) electrons. The molecule has 0 atom stereocenters. The number of amides is 1. The van der Waals surface area contributed by atoms with Crippen molar-refractivity contribution in [2.24, 2.45) is 5.10 Å². The maximum atomic E-state index is 11.8. The smallest absolute Gasteiger partial charge is 0.267 e. The molecule has 1 aromatic carbocycles. The predicted molar refractivity (Wildman–Crippen MR) is 78.1 cm³/mol. The molecule has 5 heteroatoms. The quantitative estimate of drug-likeness (QED) is 0.699. The number of hydrogen-bond donors (Lipinski definition) is 1. The first-order valence-electron chi connectivity index (χ1n) is 5.67. The summed E-state index contributed by atoms with van der Waals surface area (Å²) in [6, 6.07) is 11.1. The van der Waals surface area contributed by atoms with E-state index in [1.54, 1.807) is 18.3 Å². The first-order chi connectivity index (χ1) is 9.16. The maximum Gasteiger partial charge on any atom is 0.272 e. The number of aromatic nitrogens is 1. The highest BCUT2D eigenvalue weighted by atomic mass is 79.9. The molecule has 96 valence electrons. The molecule has 0 aliphatic carbocycles. The number of nitrogens with zero attached hydrogens (tertiary/aromatic N) is 2. The minimum atomic E-state index is -0.276. The monoisotopic (exact) mass is 317 g/mol. The lowest BCUT2D eigenvalue weighted by atomic mass is 10.1. The third-order valence-corrected chi connectivity index (χ3v) is 2.98. The largest absolute Gasteiger partial charge is 0.272 e.